The molecule has 4 aromatic rings. The molecular formula is C20H15N5O2S. The number of hydrogen-bond acceptors (Lipinski definition) is 7. The first-order valence-corrected chi connectivity index (χ1v) is 9.43. The molecule has 7 nitrogen and oxygen atoms in total. The molecule has 0 aliphatic heterocycles. The molecule has 0 aliphatic rings. The summed E-state index contributed by atoms with van der Waals surface area (Å²) in [5, 5.41) is 19.8. The van der Waals surface area contributed by atoms with Crippen molar-refractivity contribution in [2.45, 2.75) is 19.4 Å². The van der Waals surface area contributed by atoms with Crippen LogP contribution in [0.1, 0.15) is 23.2 Å². The largest absolute Gasteiger partial charge is 0.423 e. The van der Waals surface area contributed by atoms with E-state index in [9.17, 15) is 4.79 Å². The fourth-order valence-electron chi connectivity index (χ4n) is 2.73. The number of carbonyl (C=O) groups excluding carboxylic acids is 1. The fraction of sp³-hybridized carbons (Fsp3) is 0.150. The van der Waals surface area contributed by atoms with Crippen LogP contribution in [0.3, 0.4) is 0 Å². The minimum atomic E-state index is -0.373. The maximum atomic E-state index is 11.3. The van der Waals surface area contributed by atoms with Gasteiger partial charge in [0.25, 0.3) is 0 Å². The van der Waals surface area contributed by atoms with E-state index in [0.29, 0.717) is 18.2 Å². The molecule has 0 spiro atoms. The normalized spacial score (nSPS) is 10.7. The van der Waals surface area contributed by atoms with Crippen LogP contribution in [0, 0.1) is 11.3 Å². The monoisotopic (exact) mass is 389 g/mol. The molecule has 138 valence electrons. The van der Waals surface area contributed by atoms with Gasteiger partial charge in [-0.1, -0.05) is 36.4 Å². The van der Waals surface area contributed by atoms with E-state index >= 15 is 0 Å². The number of aromatic nitrogens is 3. The third-order valence-electron chi connectivity index (χ3n) is 4.03. The third kappa shape index (κ3) is 4.05. The quantitative estimate of drug-likeness (QED) is 0.541. The Morgan fingerprint density at radius 3 is 2.75 bits per heavy atom. The van der Waals surface area contributed by atoms with Crippen LogP contribution in [0.2, 0.25) is 0 Å². The van der Waals surface area contributed by atoms with Gasteiger partial charge < -0.3 is 9.73 Å². The van der Waals surface area contributed by atoms with Crippen LogP contribution in [0.25, 0.3) is 21.3 Å². The van der Waals surface area contributed by atoms with Crippen LogP contribution >= 0.6 is 11.3 Å². The molecule has 0 atom stereocenters. The minimum absolute atomic E-state index is 0.105. The summed E-state index contributed by atoms with van der Waals surface area (Å²) < 4.78 is 6.65. The summed E-state index contributed by atoms with van der Waals surface area (Å²) in [7, 11) is 0. The summed E-state index contributed by atoms with van der Waals surface area (Å²) in [6, 6.07) is 18.2. The van der Waals surface area contributed by atoms with Crippen molar-refractivity contribution in [3.05, 3.63) is 65.3 Å². The van der Waals surface area contributed by atoms with E-state index in [2.05, 4.69) is 44.8 Å². The Hall–Kier alpha value is -3.57. The average molecular weight is 389 g/mol. The predicted octanol–water partition coefficient (Wildman–Crippen LogP) is 3.47. The number of rotatable bonds is 6. The van der Waals surface area contributed by atoms with Crippen LogP contribution in [-0.2, 0) is 17.8 Å². The van der Waals surface area contributed by atoms with Gasteiger partial charge in [0, 0.05) is 0 Å². The summed E-state index contributed by atoms with van der Waals surface area (Å²) in [6.07, 6.45) is 0.233. The zero-order valence-electron chi connectivity index (χ0n) is 14.8. The van der Waals surface area contributed by atoms with Crippen molar-refractivity contribution in [2.24, 2.45) is 0 Å². The smallest absolute Gasteiger partial charge is 0.235 e. The van der Waals surface area contributed by atoms with Crippen molar-refractivity contribution in [2.75, 3.05) is 0 Å². The fourth-order valence-corrected chi connectivity index (χ4v) is 3.72. The topological polar surface area (TPSA) is 105 Å². The molecule has 0 aliphatic carbocycles. The highest BCUT2D eigenvalue weighted by Gasteiger charge is 2.12. The van der Waals surface area contributed by atoms with Gasteiger partial charge in [-0.2, -0.15) is 5.26 Å². The molecular weight excluding hydrogens is 374 g/mol. The lowest BCUT2D eigenvalue weighted by molar-refractivity contribution is -0.120. The molecule has 0 saturated carbocycles. The first-order chi connectivity index (χ1) is 13.7. The van der Waals surface area contributed by atoms with Crippen molar-refractivity contribution < 1.29 is 9.21 Å². The zero-order valence-corrected chi connectivity index (χ0v) is 15.6. The molecule has 8 heteroatoms. The van der Waals surface area contributed by atoms with Gasteiger partial charge in [-0.25, -0.2) is 4.98 Å². The van der Waals surface area contributed by atoms with Crippen molar-refractivity contribution in [3.63, 3.8) is 0 Å². The van der Waals surface area contributed by atoms with Gasteiger partial charge in [-0.15, -0.1) is 21.5 Å². The van der Waals surface area contributed by atoms with Crippen LogP contribution in [0.15, 0.2) is 52.9 Å². The lowest BCUT2D eigenvalue weighted by Crippen LogP contribution is -2.21. The Labute approximate surface area is 164 Å². The SMILES string of the molecule is N#CCC(=O)NCc1nnc(Cc2nc3ccc(-c4ccccc4)cc3s2)o1. The average Bonchev–Trinajstić information content (AvgIpc) is 3.33. The maximum absolute atomic E-state index is 11.3. The second-order valence-electron chi connectivity index (χ2n) is 6.03. The highest BCUT2D eigenvalue weighted by Crippen LogP contribution is 2.29. The van der Waals surface area contributed by atoms with Crippen molar-refractivity contribution in [1.82, 2.24) is 20.5 Å². The third-order valence-corrected chi connectivity index (χ3v) is 5.05. The Morgan fingerprint density at radius 2 is 1.93 bits per heavy atom. The maximum Gasteiger partial charge on any atom is 0.235 e. The van der Waals surface area contributed by atoms with E-state index in [1.165, 1.54) is 5.56 Å². The Kier molecular flexibility index (Phi) is 5.08. The number of hydrogen-bond donors (Lipinski definition) is 1. The zero-order chi connectivity index (χ0) is 19.3. The van der Waals surface area contributed by atoms with E-state index in [1.54, 1.807) is 17.4 Å². The Morgan fingerprint density at radius 1 is 1.11 bits per heavy atom. The van der Waals surface area contributed by atoms with Gasteiger partial charge >= 0.3 is 0 Å². The molecule has 2 heterocycles. The van der Waals surface area contributed by atoms with Crippen molar-refractivity contribution >= 4 is 27.5 Å². The van der Waals surface area contributed by atoms with Gasteiger partial charge in [0.1, 0.15) is 11.4 Å². The van der Waals surface area contributed by atoms with Crippen LogP contribution in [0.4, 0.5) is 0 Å². The Bertz CT molecular complexity index is 1160. The molecule has 0 bridgehead atoms. The van der Waals surface area contributed by atoms with Crippen LogP contribution in [0.5, 0.6) is 0 Å². The number of nitrogens with zero attached hydrogens (tertiary/aromatic N) is 4. The second-order valence-corrected chi connectivity index (χ2v) is 7.15. The van der Waals surface area contributed by atoms with Gasteiger partial charge in [-0.3, -0.25) is 4.79 Å². The van der Waals surface area contributed by atoms with E-state index in [1.807, 2.05) is 24.3 Å². The standard InChI is InChI=1S/C20H15N5O2S/c21-9-8-17(26)22-12-19-25-24-18(27-19)11-20-23-15-7-6-14(10-16(15)28-20)13-4-2-1-3-5-13/h1-7,10H,8,11-12H2,(H,22,26). The van der Waals surface area contributed by atoms with E-state index in [4.69, 9.17) is 9.68 Å². The predicted molar refractivity (Wildman–Crippen MR) is 104 cm³/mol. The summed E-state index contributed by atoms with van der Waals surface area (Å²) in [6.45, 7) is 0.105. The second kappa shape index (κ2) is 7.98. The molecule has 0 unspecified atom stereocenters. The highest BCUT2D eigenvalue weighted by atomic mass is 32.1. The molecule has 28 heavy (non-hydrogen) atoms. The summed E-state index contributed by atoms with van der Waals surface area (Å²) in [5.74, 6) is 0.364. The molecule has 1 N–H and O–H groups in total. The lowest BCUT2D eigenvalue weighted by Gasteiger charge is -2.00. The molecule has 0 radical (unpaired) electrons. The number of fused-ring (bicyclic) bond motifs is 1. The summed E-state index contributed by atoms with van der Waals surface area (Å²) >= 11 is 1.59. The van der Waals surface area contributed by atoms with Crippen molar-refractivity contribution in [3.8, 4) is 17.2 Å². The first kappa shape index (κ1) is 17.8. The number of thiazole rings is 1. The van der Waals surface area contributed by atoms with Gasteiger partial charge in [0.05, 0.1) is 29.3 Å². The van der Waals surface area contributed by atoms with E-state index < -0.39 is 0 Å². The summed E-state index contributed by atoms with van der Waals surface area (Å²) in [4.78, 5) is 15.9. The molecule has 0 fully saturated rings. The molecule has 0 saturated heterocycles. The number of nitrogens with one attached hydrogen (secondary N) is 1. The van der Waals surface area contributed by atoms with Crippen LogP contribution in [-0.4, -0.2) is 21.1 Å². The number of benzene rings is 2. The van der Waals surface area contributed by atoms with Gasteiger partial charge in [-0.05, 0) is 23.3 Å². The molecule has 2 aromatic heterocycles. The minimum Gasteiger partial charge on any atom is -0.423 e. The van der Waals surface area contributed by atoms with E-state index in [-0.39, 0.29) is 18.9 Å². The molecule has 4 rings (SSSR count). The highest BCUT2D eigenvalue weighted by molar-refractivity contribution is 7.18. The number of carbonyl (C=O) groups is 1. The summed E-state index contributed by atoms with van der Waals surface area (Å²) in [5.41, 5.74) is 3.25. The first-order valence-electron chi connectivity index (χ1n) is 8.61. The number of nitriles is 1. The Balaban J connectivity index is 1.47. The van der Waals surface area contributed by atoms with E-state index in [0.717, 1.165) is 20.8 Å². The number of amides is 1. The van der Waals surface area contributed by atoms with Gasteiger partial charge in [0.2, 0.25) is 17.7 Å². The molecule has 2 aromatic carbocycles. The lowest BCUT2D eigenvalue weighted by atomic mass is 10.1. The van der Waals surface area contributed by atoms with Crippen molar-refractivity contribution in [1.29, 1.82) is 5.26 Å². The molecule has 1 amide bonds. The van der Waals surface area contributed by atoms with Crippen LogP contribution < -0.4 is 5.32 Å². The van der Waals surface area contributed by atoms with Gasteiger partial charge in [0.15, 0.2) is 0 Å².